The van der Waals surface area contributed by atoms with E-state index in [2.05, 4.69) is 15.6 Å². The van der Waals surface area contributed by atoms with Crippen molar-refractivity contribution in [3.63, 3.8) is 0 Å². The zero-order chi connectivity index (χ0) is 17.6. The maximum atomic E-state index is 13.1. The highest BCUT2D eigenvalue weighted by atomic mass is 19.1. The molecular formula is C18H26FN3O2. The van der Waals surface area contributed by atoms with Crippen LogP contribution in [0.5, 0.6) is 0 Å². The molecule has 2 amide bonds. The lowest BCUT2D eigenvalue weighted by atomic mass is 9.89. The first-order valence-electron chi connectivity index (χ1n) is 8.29. The van der Waals surface area contributed by atoms with Crippen LogP contribution < -0.4 is 10.6 Å². The molecule has 1 aromatic carbocycles. The number of nitrogens with one attached hydrogen (secondary N) is 3. The molecule has 1 aromatic heterocycles. The monoisotopic (exact) mass is 335 g/mol. The molecule has 132 valence electrons. The second kappa shape index (κ2) is 8.15. The van der Waals surface area contributed by atoms with Crippen LogP contribution in [0.2, 0.25) is 0 Å². The first-order chi connectivity index (χ1) is 11.4. The fourth-order valence-electron chi connectivity index (χ4n) is 2.59. The molecule has 0 radical (unpaired) electrons. The summed E-state index contributed by atoms with van der Waals surface area (Å²) < 4.78 is 13.1. The second-order valence-corrected chi connectivity index (χ2v) is 6.86. The van der Waals surface area contributed by atoms with Crippen molar-refractivity contribution in [1.29, 1.82) is 0 Å². The number of rotatable bonds is 8. The number of benzene rings is 1. The molecule has 0 atom stereocenters. The molecule has 1 heterocycles. The Morgan fingerprint density at radius 3 is 2.79 bits per heavy atom. The van der Waals surface area contributed by atoms with E-state index in [0.717, 1.165) is 29.3 Å². The van der Waals surface area contributed by atoms with Gasteiger partial charge in [0.2, 0.25) is 0 Å². The van der Waals surface area contributed by atoms with E-state index in [1.54, 1.807) is 6.07 Å². The molecule has 0 saturated heterocycles. The van der Waals surface area contributed by atoms with Gasteiger partial charge in [-0.15, -0.1) is 0 Å². The lowest BCUT2D eigenvalue weighted by molar-refractivity contribution is 0.148. The van der Waals surface area contributed by atoms with Crippen LogP contribution in [0.4, 0.5) is 9.18 Å². The molecule has 0 aliphatic heterocycles. The van der Waals surface area contributed by atoms with E-state index >= 15 is 0 Å². The molecule has 4 N–H and O–H groups in total. The lowest BCUT2D eigenvalue weighted by Crippen LogP contribution is -2.37. The largest absolute Gasteiger partial charge is 0.396 e. The van der Waals surface area contributed by atoms with Gasteiger partial charge in [-0.05, 0) is 48.4 Å². The maximum absolute atomic E-state index is 13.1. The average molecular weight is 335 g/mol. The summed E-state index contributed by atoms with van der Waals surface area (Å²) in [5.41, 5.74) is 1.71. The number of hydrogen-bond donors (Lipinski definition) is 4. The van der Waals surface area contributed by atoms with Crippen LogP contribution in [-0.4, -0.2) is 35.8 Å². The quantitative estimate of drug-likeness (QED) is 0.560. The molecule has 0 unspecified atom stereocenters. The molecule has 24 heavy (non-hydrogen) atoms. The number of amides is 2. The number of fused-ring (bicyclic) bond motifs is 1. The molecular weight excluding hydrogens is 309 g/mol. The number of halogens is 1. The molecule has 0 saturated carbocycles. The predicted octanol–water partition coefficient (Wildman–Crippen LogP) is 2.95. The normalized spacial score (nSPS) is 11.7. The summed E-state index contributed by atoms with van der Waals surface area (Å²) in [7, 11) is 0. The van der Waals surface area contributed by atoms with Gasteiger partial charge >= 0.3 is 6.03 Å². The number of H-pyrrole nitrogens is 1. The standard InChI is InChI=1S/C18H26FN3O2/c1-18(2,12-23)7-3-8-20-17(24)21-9-6-13-11-22-16-10-14(19)4-5-15(13)16/h4-5,10-11,22-23H,3,6-9,12H2,1-2H3,(H2,20,21,24). The Bertz CT molecular complexity index is 682. The smallest absolute Gasteiger partial charge is 0.314 e. The zero-order valence-electron chi connectivity index (χ0n) is 14.3. The van der Waals surface area contributed by atoms with E-state index in [9.17, 15) is 14.3 Å². The Hall–Kier alpha value is -2.08. The number of carbonyl (C=O) groups is 1. The summed E-state index contributed by atoms with van der Waals surface area (Å²) in [5.74, 6) is -0.266. The number of aliphatic hydroxyl groups is 1. The molecule has 0 aliphatic rings. The van der Waals surface area contributed by atoms with Crippen molar-refractivity contribution in [2.75, 3.05) is 19.7 Å². The maximum Gasteiger partial charge on any atom is 0.314 e. The predicted molar refractivity (Wildman–Crippen MR) is 93.5 cm³/mol. The Morgan fingerprint density at radius 2 is 2.04 bits per heavy atom. The van der Waals surface area contributed by atoms with Crippen molar-refractivity contribution in [3.8, 4) is 0 Å². The minimum absolute atomic E-state index is 0.104. The van der Waals surface area contributed by atoms with Gasteiger partial charge in [0.15, 0.2) is 0 Å². The van der Waals surface area contributed by atoms with Crippen molar-refractivity contribution in [2.24, 2.45) is 5.41 Å². The van der Waals surface area contributed by atoms with Crippen LogP contribution in [0, 0.1) is 11.2 Å². The first-order valence-corrected chi connectivity index (χ1v) is 8.29. The third kappa shape index (κ3) is 5.23. The third-order valence-corrected chi connectivity index (χ3v) is 4.15. The van der Waals surface area contributed by atoms with Crippen LogP contribution in [0.25, 0.3) is 10.9 Å². The Labute approximate surface area is 141 Å². The summed E-state index contributed by atoms with van der Waals surface area (Å²) in [5, 5.41) is 15.8. The highest BCUT2D eigenvalue weighted by Crippen LogP contribution is 2.20. The van der Waals surface area contributed by atoms with Crippen LogP contribution in [0.1, 0.15) is 32.3 Å². The van der Waals surface area contributed by atoms with Crippen molar-refractivity contribution >= 4 is 16.9 Å². The van der Waals surface area contributed by atoms with E-state index < -0.39 is 0 Å². The lowest BCUT2D eigenvalue weighted by Gasteiger charge is -2.21. The highest BCUT2D eigenvalue weighted by molar-refractivity contribution is 5.83. The van der Waals surface area contributed by atoms with Crippen molar-refractivity contribution in [1.82, 2.24) is 15.6 Å². The minimum atomic E-state index is -0.266. The van der Waals surface area contributed by atoms with Crippen molar-refractivity contribution in [2.45, 2.75) is 33.1 Å². The van der Waals surface area contributed by atoms with Gasteiger partial charge in [-0.2, -0.15) is 0 Å². The third-order valence-electron chi connectivity index (χ3n) is 4.15. The van der Waals surface area contributed by atoms with Gasteiger partial charge in [0.1, 0.15) is 5.82 Å². The zero-order valence-corrected chi connectivity index (χ0v) is 14.3. The fraction of sp³-hybridized carbons (Fsp3) is 0.500. The summed E-state index contributed by atoms with van der Waals surface area (Å²) in [6.45, 7) is 5.24. The van der Waals surface area contributed by atoms with Crippen LogP contribution in [0.3, 0.4) is 0 Å². The Kier molecular flexibility index (Phi) is 6.20. The van der Waals surface area contributed by atoms with Gasteiger partial charge < -0.3 is 20.7 Å². The van der Waals surface area contributed by atoms with Gasteiger partial charge in [0.05, 0.1) is 0 Å². The van der Waals surface area contributed by atoms with Gasteiger partial charge in [-0.25, -0.2) is 9.18 Å². The topological polar surface area (TPSA) is 77.2 Å². The molecule has 0 aliphatic carbocycles. The van der Waals surface area contributed by atoms with Gasteiger partial charge in [-0.3, -0.25) is 0 Å². The van der Waals surface area contributed by atoms with E-state index in [-0.39, 0.29) is 23.9 Å². The Morgan fingerprint density at radius 1 is 1.29 bits per heavy atom. The van der Waals surface area contributed by atoms with Gasteiger partial charge in [-0.1, -0.05) is 13.8 Å². The highest BCUT2D eigenvalue weighted by Gasteiger charge is 2.15. The molecule has 0 spiro atoms. The number of aromatic nitrogens is 1. The first kappa shape index (κ1) is 18.3. The van der Waals surface area contributed by atoms with Crippen LogP contribution in [-0.2, 0) is 6.42 Å². The molecule has 5 nitrogen and oxygen atoms in total. The van der Waals surface area contributed by atoms with Crippen LogP contribution in [0.15, 0.2) is 24.4 Å². The number of aliphatic hydroxyl groups excluding tert-OH is 1. The summed E-state index contributed by atoms with van der Waals surface area (Å²) in [6.07, 6.45) is 4.21. The van der Waals surface area contributed by atoms with E-state index in [0.29, 0.717) is 19.5 Å². The molecule has 2 aromatic rings. The van der Waals surface area contributed by atoms with Gasteiger partial charge in [0, 0.05) is 36.8 Å². The van der Waals surface area contributed by atoms with Crippen LogP contribution >= 0.6 is 0 Å². The number of aromatic amines is 1. The molecule has 0 bridgehead atoms. The molecule has 0 fully saturated rings. The summed E-state index contributed by atoms with van der Waals surface area (Å²) in [4.78, 5) is 14.8. The second-order valence-electron chi connectivity index (χ2n) is 6.86. The minimum Gasteiger partial charge on any atom is -0.396 e. The van der Waals surface area contributed by atoms with E-state index in [1.165, 1.54) is 12.1 Å². The fourth-order valence-corrected chi connectivity index (χ4v) is 2.59. The van der Waals surface area contributed by atoms with E-state index in [1.807, 2.05) is 20.0 Å². The number of urea groups is 1. The summed E-state index contributed by atoms with van der Waals surface area (Å²) >= 11 is 0. The molecule has 2 rings (SSSR count). The molecule has 6 heteroatoms. The average Bonchev–Trinajstić information content (AvgIpc) is 2.94. The van der Waals surface area contributed by atoms with Gasteiger partial charge in [0.25, 0.3) is 0 Å². The number of hydrogen-bond acceptors (Lipinski definition) is 2. The van der Waals surface area contributed by atoms with Crippen molar-refractivity contribution in [3.05, 3.63) is 35.8 Å². The van der Waals surface area contributed by atoms with E-state index in [4.69, 9.17) is 0 Å². The SMILES string of the molecule is CC(C)(CO)CCCNC(=O)NCCc1c[nH]c2cc(F)ccc12. The van der Waals surface area contributed by atoms with Crippen molar-refractivity contribution < 1.29 is 14.3 Å². The number of carbonyl (C=O) groups excluding carboxylic acids is 1. The Balaban J connectivity index is 1.69. The summed E-state index contributed by atoms with van der Waals surface area (Å²) in [6, 6.07) is 4.46.